The van der Waals surface area contributed by atoms with Gasteiger partial charge in [-0.05, 0) is 37.0 Å². The number of H-pyrrole nitrogens is 1. The Hall–Kier alpha value is -1.32. The molecule has 98 valence electrons. The lowest BCUT2D eigenvalue weighted by Gasteiger charge is -2.20. The maximum Gasteiger partial charge on any atom is 0.252 e. The molecule has 0 amide bonds. The van der Waals surface area contributed by atoms with Gasteiger partial charge in [0, 0.05) is 18.5 Å². The number of hydrogen-bond acceptors (Lipinski definition) is 3. The lowest BCUT2D eigenvalue weighted by molar-refractivity contribution is 0.380. The normalized spacial score (nSPS) is 21.1. The van der Waals surface area contributed by atoms with E-state index in [-0.39, 0.29) is 5.56 Å². The molecule has 1 aromatic rings. The van der Waals surface area contributed by atoms with Crippen molar-refractivity contribution >= 4 is 5.82 Å². The third kappa shape index (κ3) is 2.28. The van der Waals surface area contributed by atoms with Crippen LogP contribution in [-0.2, 0) is 0 Å². The van der Waals surface area contributed by atoms with E-state index in [1.807, 2.05) is 0 Å². The van der Waals surface area contributed by atoms with Gasteiger partial charge >= 0.3 is 0 Å². The van der Waals surface area contributed by atoms with Crippen LogP contribution in [0.5, 0.6) is 0 Å². The molecule has 1 aromatic heterocycles. The van der Waals surface area contributed by atoms with Crippen LogP contribution in [0.3, 0.4) is 0 Å². The molecule has 0 aliphatic heterocycles. The maximum absolute atomic E-state index is 11.6. The second-order valence-electron chi connectivity index (χ2n) is 6.16. The molecule has 1 heterocycles. The molecule has 0 saturated heterocycles. The van der Waals surface area contributed by atoms with E-state index in [1.54, 1.807) is 6.07 Å². The van der Waals surface area contributed by atoms with Gasteiger partial charge in [-0.25, -0.2) is 4.98 Å². The Morgan fingerprint density at radius 3 is 2.78 bits per heavy atom. The highest BCUT2D eigenvalue weighted by Gasteiger charge is 2.45. The molecule has 2 aliphatic carbocycles. The summed E-state index contributed by atoms with van der Waals surface area (Å²) in [6.45, 7) is 5.48. The molecule has 3 rings (SSSR count). The summed E-state index contributed by atoms with van der Waals surface area (Å²) < 4.78 is 0. The van der Waals surface area contributed by atoms with Crippen molar-refractivity contribution in [1.29, 1.82) is 0 Å². The summed E-state index contributed by atoms with van der Waals surface area (Å²) in [4.78, 5) is 18.9. The number of anilines is 1. The van der Waals surface area contributed by atoms with E-state index in [1.165, 1.54) is 12.8 Å². The lowest BCUT2D eigenvalue weighted by atomic mass is 9.92. The van der Waals surface area contributed by atoms with E-state index in [0.29, 0.717) is 17.3 Å². The fourth-order valence-electron chi connectivity index (χ4n) is 2.50. The predicted molar refractivity (Wildman–Crippen MR) is 71.8 cm³/mol. The number of nitrogens with zero attached hydrogens (tertiary/aromatic N) is 1. The minimum atomic E-state index is -0.0382. The Bertz CT molecular complexity index is 498. The Balaban J connectivity index is 1.71. The van der Waals surface area contributed by atoms with Gasteiger partial charge < -0.3 is 10.3 Å². The van der Waals surface area contributed by atoms with Crippen LogP contribution in [0.25, 0.3) is 0 Å². The maximum atomic E-state index is 11.6. The molecular formula is C14H21N3O. The van der Waals surface area contributed by atoms with E-state index >= 15 is 0 Å². The lowest BCUT2D eigenvalue weighted by Crippen LogP contribution is -2.22. The molecular weight excluding hydrogens is 226 g/mol. The first kappa shape index (κ1) is 11.8. The molecule has 2 fully saturated rings. The molecule has 18 heavy (non-hydrogen) atoms. The van der Waals surface area contributed by atoms with Crippen LogP contribution in [0, 0.1) is 11.3 Å². The topological polar surface area (TPSA) is 57.8 Å². The molecule has 0 atom stereocenters. The Morgan fingerprint density at radius 1 is 1.50 bits per heavy atom. The first-order chi connectivity index (χ1) is 8.59. The van der Waals surface area contributed by atoms with Crippen LogP contribution >= 0.6 is 0 Å². The highest BCUT2D eigenvalue weighted by Crippen LogP contribution is 2.51. The SMILES string of the molecule is CC(C)C1(CNc2cc(=O)[nH]c(C3CC3)n2)CC1. The van der Waals surface area contributed by atoms with Crippen molar-refractivity contribution in [3.63, 3.8) is 0 Å². The molecule has 2 saturated carbocycles. The number of rotatable bonds is 5. The van der Waals surface area contributed by atoms with Crippen molar-refractivity contribution in [2.45, 2.75) is 45.4 Å². The molecule has 0 spiro atoms. The summed E-state index contributed by atoms with van der Waals surface area (Å²) in [6.07, 6.45) is 4.89. The van der Waals surface area contributed by atoms with Gasteiger partial charge in [0.15, 0.2) is 0 Å². The Labute approximate surface area is 107 Å². The van der Waals surface area contributed by atoms with Gasteiger partial charge in [-0.3, -0.25) is 4.79 Å². The van der Waals surface area contributed by atoms with Crippen molar-refractivity contribution in [2.75, 3.05) is 11.9 Å². The van der Waals surface area contributed by atoms with Gasteiger partial charge in [0.25, 0.3) is 5.56 Å². The number of nitrogens with one attached hydrogen (secondary N) is 2. The zero-order valence-corrected chi connectivity index (χ0v) is 11.1. The summed E-state index contributed by atoms with van der Waals surface area (Å²) in [5.41, 5.74) is 0.396. The van der Waals surface area contributed by atoms with E-state index in [4.69, 9.17) is 0 Å². The largest absolute Gasteiger partial charge is 0.369 e. The fourth-order valence-corrected chi connectivity index (χ4v) is 2.50. The third-order valence-corrected chi connectivity index (χ3v) is 4.46. The third-order valence-electron chi connectivity index (χ3n) is 4.46. The molecule has 0 unspecified atom stereocenters. The van der Waals surface area contributed by atoms with Crippen LogP contribution in [0.15, 0.2) is 10.9 Å². The summed E-state index contributed by atoms with van der Waals surface area (Å²) >= 11 is 0. The Kier molecular flexibility index (Phi) is 2.68. The summed E-state index contributed by atoms with van der Waals surface area (Å²) in [5, 5.41) is 3.36. The van der Waals surface area contributed by atoms with Crippen molar-refractivity contribution in [2.24, 2.45) is 11.3 Å². The molecule has 4 heteroatoms. The van der Waals surface area contributed by atoms with Crippen molar-refractivity contribution in [3.8, 4) is 0 Å². The van der Waals surface area contributed by atoms with Crippen molar-refractivity contribution in [3.05, 3.63) is 22.2 Å². The quantitative estimate of drug-likeness (QED) is 0.840. The van der Waals surface area contributed by atoms with Gasteiger partial charge in [-0.2, -0.15) is 0 Å². The highest BCUT2D eigenvalue weighted by molar-refractivity contribution is 5.35. The molecule has 0 aromatic carbocycles. The second kappa shape index (κ2) is 4.11. The zero-order valence-electron chi connectivity index (χ0n) is 11.1. The van der Waals surface area contributed by atoms with Gasteiger partial charge in [-0.1, -0.05) is 13.8 Å². The smallest absolute Gasteiger partial charge is 0.252 e. The van der Waals surface area contributed by atoms with Gasteiger partial charge in [-0.15, -0.1) is 0 Å². The van der Waals surface area contributed by atoms with E-state index < -0.39 is 0 Å². The van der Waals surface area contributed by atoms with Crippen LogP contribution in [0.2, 0.25) is 0 Å². The predicted octanol–water partition coefficient (Wildman–Crippen LogP) is 2.50. The molecule has 0 radical (unpaired) electrons. The highest BCUT2D eigenvalue weighted by atomic mass is 16.1. The van der Waals surface area contributed by atoms with Crippen LogP contribution in [0.1, 0.15) is 51.3 Å². The van der Waals surface area contributed by atoms with Crippen LogP contribution in [0.4, 0.5) is 5.82 Å². The van der Waals surface area contributed by atoms with Crippen LogP contribution < -0.4 is 10.9 Å². The Morgan fingerprint density at radius 2 is 2.22 bits per heavy atom. The summed E-state index contributed by atoms with van der Waals surface area (Å²) in [5.74, 6) is 2.78. The average Bonchev–Trinajstić information content (AvgIpc) is 3.18. The first-order valence-corrected chi connectivity index (χ1v) is 6.94. The van der Waals surface area contributed by atoms with Gasteiger partial charge in [0.1, 0.15) is 11.6 Å². The van der Waals surface area contributed by atoms with E-state index in [2.05, 4.69) is 29.1 Å². The zero-order chi connectivity index (χ0) is 12.8. The minimum absolute atomic E-state index is 0.0382. The van der Waals surface area contributed by atoms with Crippen LogP contribution in [-0.4, -0.2) is 16.5 Å². The first-order valence-electron chi connectivity index (χ1n) is 6.94. The van der Waals surface area contributed by atoms with E-state index in [0.717, 1.165) is 31.0 Å². The molecule has 2 aliphatic rings. The van der Waals surface area contributed by atoms with Crippen molar-refractivity contribution < 1.29 is 0 Å². The number of hydrogen-bond donors (Lipinski definition) is 2. The number of aromatic nitrogens is 2. The molecule has 2 N–H and O–H groups in total. The second-order valence-corrected chi connectivity index (χ2v) is 6.16. The summed E-state index contributed by atoms with van der Waals surface area (Å²) in [7, 11) is 0. The summed E-state index contributed by atoms with van der Waals surface area (Å²) in [6, 6.07) is 1.57. The molecule has 4 nitrogen and oxygen atoms in total. The van der Waals surface area contributed by atoms with Crippen molar-refractivity contribution in [1.82, 2.24) is 9.97 Å². The monoisotopic (exact) mass is 247 g/mol. The van der Waals surface area contributed by atoms with Gasteiger partial charge in [0.05, 0.1) is 0 Å². The average molecular weight is 247 g/mol. The molecule has 0 bridgehead atoms. The standard InChI is InChI=1S/C14H21N3O/c1-9(2)14(5-6-14)8-15-11-7-12(18)17-13(16-11)10-3-4-10/h7,9-10H,3-6,8H2,1-2H3,(H2,15,16,17,18). The van der Waals surface area contributed by atoms with Gasteiger partial charge in [0.2, 0.25) is 0 Å². The fraction of sp³-hybridized carbons (Fsp3) is 0.714. The van der Waals surface area contributed by atoms with E-state index in [9.17, 15) is 4.79 Å². The minimum Gasteiger partial charge on any atom is -0.369 e. The number of aromatic amines is 1.